The summed E-state index contributed by atoms with van der Waals surface area (Å²) in [5.41, 5.74) is 3.99. The predicted octanol–water partition coefficient (Wildman–Crippen LogP) is 3.04. The molecule has 2 aromatic rings. The average Bonchev–Trinajstić information content (AvgIpc) is 2.61. The molecule has 1 aromatic heterocycles. The molecule has 0 spiro atoms. The Labute approximate surface area is 86.4 Å². The van der Waals surface area contributed by atoms with Crippen LogP contribution in [0.1, 0.15) is 11.8 Å². The smallest absolute Gasteiger partial charge is 0.154 e. The number of halogens is 1. The first kappa shape index (κ1) is 9.62. The summed E-state index contributed by atoms with van der Waals surface area (Å²) in [7, 11) is 0. The SMILES string of the molecule is CC(F)(CN)c1cc2ccccc2s1. The summed E-state index contributed by atoms with van der Waals surface area (Å²) in [5.74, 6) is 0. The maximum Gasteiger partial charge on any atom is 0.154 e. The first-order chi connectivity index (χ1) is 6.63. The monoisotopic (exact) mass is 209 g/mol. The molecule has 0 saturated heterocycles. The van der Waals surface area contributed by atoms with Crippen molar-refractivity contribution in [3.05, 3.63) is 35.2 Å². The van der Waals surface area contributed by atoms with Gasteiger partial charge >= 0.3 is 0 Å². The Bertz CT molecular complexity index is 414. The number of nitrogens with two attached hydrogens (primary N) is 1. The molecule has 0 aliphatic carbocycles. The van der Waals surface area contributed by atoms with Gasteiger partial charge in [0.2, 0.25) is 0 Å². The molecule has 14 heavy (non-hydrogen) atoms. The first-order valence-electron chi connectivity index (χ1n) is 4.51. The third-order valence-corrected chi connectivity index (χ3v) is 3.68. The lowest BCUT2D eigenvalue weighted by atomic mass is 10.1. The normalized spacial score (nSPS) is 15.6. The second-order valence-electron chi connectivity index (χ2n) is 3.55. The number of alkyl halides is 1. The van der Waals surface area contributed by atoms with E-state index in [1.807, 2.05) is 30.3 Å². The minimum Gasteiger partial charge on any atom is -0.327 e. The van der Waals surface area contributed by atoms with Gasteiger partial charge in [-0.05, 0) is 24.4 Å². The van der Waals surface area contributed by atoms with Gasteiger partial charge in [0.25, 0.3) is 0 Å². The Hall–Kier alpha value is -0.930. The Kier molecular flexibility index (Phi) is 2.29. The van der Waals surface area contributed by atoms with Crippen LogP contribution in [0.3, 0.4) is 0 Å². The summed E-state index contributed by atoms with van der Waals surface area (Å²) in [6, 6.07) is 9.78. The van der Waals surface area contributed by atoms with E-state index in [4.69, 9.17) is 5.73 Å². The van der Waals surface area contributed by atoms with Crippen LogP contribution in [0.2, 0.25) is 0 Å². The van der Waals surface area contributed by atoms with Crippen molar-refractivity contribution in [2.24, 2.45) is 5.73 Å². The molecule has 1 unspecified atom stereocenters. The molecule has 0 amide bonds. The molecule has 1 atom stereocenters. The number of benzene rings is 1. The second kappa shape index (κ2) is 3.33. The zero-order valence-corrected chi connectivity index (χ0v) is 8.77. The molecule has 0 saturated carbocycles. The molecule has 0 bridgehead atoms. The van der Waals surface area contributed by atoms with Gasteiger partial charge in [-0.2, -0.15) is 0 Å². The lowest BCUT2D eigenvalue weighted by Gasteiger charge is -2.14. The van der Waals surface area contributed by atoms with Crippen molar-refractivity contribution in [1.82, 2.24) is 0 Å². The van der Waals surface area contributed by atoms with E-state index in [1.54, 1.807) is 0 Å². The average molecular weight is 209 g/mol. The van der Waals surface area contributed by atoms with Gasteiger partial charge in [0, 0.05) is 16.1 Å². The molecule has 0 radical (unpaired) electrons. The van der Waals surface area contributed by atoms with Crippen LogP contribution in [-0.4, -0.2) is 6.54 Å². The van der Waals surface area contributed by atoms with E-state index in [2.05, 4.69) is 0 Å². The van der Waals surface area contributed by atoms with Gasteiger partial charge in [0.05, 0.1) is 0 Å². The van der Waals surface area contributed by atoms with E-state index in [9.17, 15) is 4.39 Å². The minimum absolute atomic E-state index is 0.0276. The fourth-order valence-electron chi connectivity index (χ4n) is 1.34. The lowest BCUT2D eigenvalue weighted by Crippen LogP contribution is -2.25. The van der Waals surface area contributed by atoms with Gasteiger partial charge < -0.3 is 5.73 Å². The van der Waals surface area contributed by atoms with Crippen molar-refractivity contribution in [1.29, 1.82) is 0 Å². The van der Waals surface area contributed by atoms with Gasteiger partial charge in [0.1, 0.15) is 0 Å². The van der Waals surface area contributed by atoms with Crippen LogP contribution in [0.5, 0.6) is 0 Å². The van der Waals surface area contributed by atoms with Crippen molar-refractivity contribution < 1.29 is 4.39 Å². The van der Waals surface area contributed by atoms with Crippen molar-refractivity contribution in [3.8, 4) is 0 Å². The quantitative estimate of drug-likeness (QED) is 0.808. The highest BCUT2D eigenvalue weighted by Crippen LogP contribution is 2.34. The summed E-state index contributed by atoms with van der Waals surface area (Å²) in [6.07, 6.45) is 0. The third kappa shape index (κ3) is 1.53. The molecule has 0 aliphatic rings. The van der Waals surface area contributed by atoms with Crippen molar-refractivity contribution in [2.45, 2.75) is 12.6 Å². The van der Waals surface area contributed by atoms with Gasteiger partial charge in [0.15, 0.2) is 5.67 Å². The van der Waals surface area contributed by atoms with Crippen LogP contribution >= 0.6 is 11.3 Å². The van der Waals surface area contributed by atoms with Crippen molar-refractivity contribution in [2.75, 3.05) is 6.54 Å². The Balaban J connectivity index is 2.55. The summed E-state index contributed by atoms with van der Waals surface area (Å²) in [6.45, 7) is 1.55. The van der Waals surface area contributed by atoms with Crippen molar-refractivity contribution >= 4 is 21.4 Å². The second-order valence-corrected chi connectivity index (χ2v) is 4.63. The van der Waals surface area contributed by atoms with Gasteiger partial charge in [-0.25, -0.2) is 4.39 Å². The van der Waals surface area contributed by atoms with Gasteiger partial charge in [-0.3, -0.25) is 0 Å². The standard InChI is InChI=1S/C11H12FNS/c1-11(12,7-13)10-6-8-4-2-3-5-9(8)14-10/h2-6H,7,13H2,1H3. The minimum atomic E-state index is -1.40. The third-order valence-electron chi connectivity index (χ3n) is 2.32. The maximum absolute atomic E-state index is 13.9. The van der Waals surface area contributed by atoms with E-state index in [0.29, 0.717) is 4.88 Å². The highest BCUT2D eigenvalue weighted by Gasteiger charge is 2.25. The Morgan fingerprint density at radius 3 is 2.79 bits per heavy atom. The molecule has 2 N–H and O–H groups in total. The molecular formula is C11H12FNS. The highest BCUT2D eigenvalue weighted by atomic mass is 32.1. The fourth-order valence-corrected chi connectivity index (χ4v) is 2.45. The molecule has 0 fully saturated rings. The lowest BCUT2D eigenvalue weighted by molar-refractivity contribution is 0.209. The van der Waals surface area contributed by atoms with E-state index in [0.717, 1.165) is 10.1 Å². The number of fused-ring (bicyclic) bond motifs is 1. The van der Waals surface area contributed by atoms with Crippen LogP contribution < -0.4 is 5.73 Å². The van der Waals surface area contributed by atoms with E-state index in [-0.39, 0.29) is 6.54 Å². The summed E-state index contributed by atoms with van der Waals surface area (Å²) in [5, 5.41) is 1.09. The molecular weight excluding hydrogens is 197 g/mol. The first-order valence-corrected chi connectivity index (χ1v) is 5.33. The summed E-state index contributed by atoms with van der Waals surface area (Å²) >= 11 is 1.47. The zero-order chi connectivity index (χ0) is 10.2. The molecule has 1 nitrogen and oxygen atoms in total. The molecule has 1 heterocycles. The summed E-state index contributed by atoms with van der Waals surface area (Å²) < 4.78 is 15.0. The Morgan fingerprint density at radius 1 is 1.43 bits per heavy atom. The maximum atomic E-state index is 13.9. The molecule has 74 valence electrons. The molecule has 3 heteroatoms. The predicted molar refractivity (Wildman–Crippen MR) is 59.3 cm³/mol. The van der Waals surface area contributed by atoms with E-state index < -0.39 is 5.67 Å². The van der Waals surface area contributed by atoms with Crippen molar-refractivity contribution in [3.63, 3.8) is 0 Å². The zero-order valence-electron chi connectivity index (χ0n) is 7.96. The molecule has 0 aliphatic heterocycles. The molecule has 2 rings (SSSR count). The van der Waals surface area contributed by atoms with Crippen LogP contribution in [0.15, 0.2) is 30.3 Å². The van der Waals surface area contributed by atoms with E-state index in [1.165, 1.54) is 18.3 Å². The number of thiophene rings is 1. The topological polar surface area (TPSA) is 26.0 Å². The van der Waals surface area contributed by atoms with Crippen LogP contribution in [0, 0.1) is 0 Å². The van der Waals surface area contributed by atoms with Gasteiger partial charge in [-0.15, -0.1) is 11.3 Å². The molecule has 1 aromatic carbocycles. The number of hydrogen-bond acceptors (Lipinski definition) is 2. The fraction of sp³-hybridized carbons (Fsp3) is 0.273. The van der Waals surface area contributed by atoms with Crippen LogP contribution in [0.4, 0.5) is 4.39 Å². The largest absolute Gasteiger partial charge is 0.327 e. The Morgan fingerprint density at radius 2 is 2.14 bits per heavy atom. The summed E-state index contributed by atoms with van der Waals surface area (Å²) in [4.78, 5) is 0.709. The van der Waals surface area contributed by atoms with E-state index >= 15 is 0 Å². The van der Waals surface area contributed by atoms with Crippen LogP contribution in [0.25, 0.3) is 10.1 Å². The highest BCUT2D eigenvalue weighted by molar-refractivity contribution is 7.19. The number of hydrogen-bond donors (Lipinski definition) is 1. The number of rotatable bonds is 2. The van der Waals surface area contributed by atoms with Gasteiger partial charge in [-0.1, -0.05) is 18.2 Å². The van der Waals surface area contributed by atoms with Crippen LogP contribution in [-0.2, 0) is 5.67 Å².